The molecule has 0 amide bonds. The summed E-state index contributed by atoms with van der Waals surface area (Å²) < 4.78 is 4.77. The van der Waals surface area contributed by atoms with Crippen molar-refractivity contribution < 1.29 is 4.42 Å². The van der Waals surface area contributed by atoms with Crippen molar-refractivity contribution in [3.63, 3.8) is 0 Å². The van der Waals surface area contributed by atoms with Crippen LogP contribution in [0, 0.1) is 6.92 Å². The fraction of sp³-hybridized carbons (Fsp3) is 0.167. The monoisotopic (exact) mass is 95.0 g/mol. The molecule has 1 rings (SSSR count). The Morgan fingerprint density at radius 2 is 2.57 bits per heavy atom. The molecule has 0 aliphatic rings. The van der Waals surface area contributed by atoms with Gasteiger partial charge in [0.05, 0.1) is 12.5 Å². The molecule has 0 N–H and O–H groups in total. The first-order valence-corrected chi connectivity index (χ1v) is 2.24. The Bertz CT molecular complexity index is 119. The van der Waals surface area contributed by atoms with Crippen molar-refractivity contribution in [2.24, 2.45) is 0 Å². The van der Waals surface area contributed by atoms with E-state index in [1.54, 1.807) is 12.5 Å². The number of furan rings is 1. The van der Waals surface area contributed by atoms with Crippen LogP contribution in [0.3, 0.4) is 0 Å². The normalized spacial score (nSPS) is 9.29. The van der Waals surface area contributed by atoms with Crippen LogP contribution in [0.4, 0.5) is 0 Å². The molecule has 1 heteroatoms. The summed E-state index contributed by atoms with van der Waals surface area (Å²) in [5.41, 5.74) is 1.15. The van der Waals surface area contributed by atoms with E-state index in [9.17, 15) is 0 Å². The summed E-state index contributed by atoms with van der Waals surface area (Å²) in [6.45, 7) is 3.67. The SMILES string of the molecule is [CH2]Cc1ccoc1. The second-order valence-electron chi connectivity index (χ2n) is 1.38. The lowest BCUT2D eigenvalue weighted by molar-refractivity contribution is 0.565. The molecule has 0 aliphatic heterocycles. The molecule has 37 valence electrons. The van der Waals surface area contributed by atoms with Gasteiger partial charge in [0, 0.05) is 0 Å². The minimum Gasteiger partial charge on any atom is -0.472 e. The van der Waals surface area contributed by atoms with Gasteiger partial charge in [0.25, 0.3) is 0 Å². The van der Waals surface area contributed by atoms with Crippen LogP contribution in [0.15, 0.2) is 23.0 Å². The zero-order valence-corrected chi connectivity index (χ0v) is 4.05. The molecule has 1 nitrogen and oxygen atoms in total. The van der Waals surface area contributed by atoms with Crippen LogP contribution in [0.5, 0.6) is 0 Å². The van der Waals surface area contributed by atoms with Crippen LogP contribution in [-0.4, -0.2) is 0 Å². The molecule has 0 aliphatic carbocycles. The topological polar surface area (TPSA) is 13.1 Å². The Hall–Kier alpha value is -0.720. The van der Waals surface area contributed by atoms with Crippen LogP contribution in [-0.2, 0) is 6.42 Å². The van der Waals surface area contributed by atoms with Gasteiger partial charge in [0.1, 0.15) is 0 Å². The van der Waals surface area contributed by atoms with Crippen molar-refractivity contribution in [2.45, 2.75) is 6.42 Å². The summed E-state index contributed by atoms with van der Waals surface area (Å²) in [7, 11) is 0. The third-order valence-corrected chi connectivity index (χ3v) is 0.869. The van der Waals surface area contributed by atoms with Gasteiger partial charge in [0.2, 0.25) is 0 Å². The van der Waals surface area contributed by atoms with Crippen LogP contribution < -0.4 is 0 Å². The predicted octanol–water partition coefficient (Wildman–Crippen LogP) is 1.66. The highest BCUT2D eigenvalue weighted by Crippen LogP contribution is 1.97. The first kappa shape index (κ1) is 4.44. The maximum atomic E-state index is 4.77. The lowest BCUT2D eigenvalue weighted by Gasteiger charge is -1.76. The number of rotatable bonds is 1. The van der Waals surface area contributed by atoms with E-state index in [1.807, 2.05) is 6.07 Å². The molecule has 0 unspecified atom stereocenters. The van der Waals surface area contributed by atoms with Gasteiger partial charge in [-0.1, -0.05) is 0 Å². The number of hydrogen-bond acceptors (Lipinski definition) is 1. The van der Waals surface area contributed by atoms with Crippen molar-refractivity contribution in [2.75, 3.05) is 0 Å². The zero-order chi connectivity index (χ0) is 5.11. The average Bonchev–Trinajstić information content (AvgIpc) is 2.14. The molecule has 0 fully saturated rings. The van der Waals surface area contributed by atoms with Gasteiger partial charge in [-0.3, -0.25) is 0 Å². The Labute approximate surface area is 43.0 Å². The van der Waals surface area contributed by atoms with Gasteiger partial charge in [-0.05, 0) is 25.0 Å². The van der Waals surface area contributed by atoms with Crippen molar-refractivity contribution in [3.8, 4) is 0 Å². The van der Waals surface area contributed by atoms with Gasteiger partial charge < -0.3 is 4.42 Å². The van der Waals surface area contributed by atoms with Crippen LogP contribution >= 0.6 is 0 Å². The Kier molecular flexibility index (Phi) is 1.16. The lowest BCUT2D eigenvalue weighted by Crippen LogP contribution is -1.67. The summed E-state index contributed by atoms with van der Waals surface area (Å²) >= 11 is 0. The van der Waals surface area contributed by atoms with Gasteiger partial charge >= 0.3 is 0 Å². The summed E-state index contributed by atoms with van der Waals surface area (Å²) in [5.74, 6) is 0. The van der Waals surface area contributed by atoms with Crippen molar-refractivity contribution in [1.29, 1.82) is 0 Å². The fourth-order valence-electron chi connectivity index (χ4n) is 0.435. The van der Waals surface area contributed by atoms with E-state index in [-0.39, 0.29) is 0 Å². The highest BCUT2D eigenvalue weighted by Gasteiger charge is 1.83. The van der Waals surface area contributed by atoms with Gasteiger partial charge in [-0.2, -0.15) is 0 Å². The second-order valence-corrected chi connectivity index (χ2v) is 1.38. The molecule has 0 saturated carbocycles. The average molecular weight is 95.1 g/mol. The summed E-state index contributed by atoms with van der Waals surface area (Å²) in [5, 5.41) is 0. The van der Waals surface area contributed by atoms with Gasteiger partial charge in [-0.15, -0.1) is 0 Å². The zero-order valence-electron chi connectivity index (χ0n) is 4.05. The van der Waals surface area contributed by atoms with Gasteiger partial charge in [-0.25, -0.2) is 0 Å². The smallest absolute Gasteiger partial charge is 0.0934 e. The molecule has 7 heavy (non-hydrogen) atoms. The van der Waals surface area contributed by atoms with Gasteiger partial charge in [0.15, 0.2) is 0 Å². The predicted molar refractivity (Wildman–Crippen MR) is 27.8 cm³/mol. The molecular weight excluding hydrogens is 88.1 g/mol. The quantitative estimate of drug-likeness (QED) is 0.517. The molecule has 0 atom stereocenters. The first-order valence-electron chi connectivity index (χ1n) is 2.24. The summed E-state index contributed by atoms with van der Waals surface area (Å²) in [6.07, 6.45) is 4.17. The van der Waals surface area contributed by atoms with E-state index in [4.69, 9.17) is 4.42 Å². The molecule has 1 aromatic heterocycles. The molecule has 0 spiro atoms. The van der Waals surface area contributed by atoms with Crippen molar-refractivity contribution in [1.82, 2.24) is 0 Å². The fourth-order valence-corrected chi connectivity index (χ4v) is 0.435. The summed E-state index contributed by atoms with van der Waals surface area (Å²) in [4.78, 5) is 0. The molecule has 1 radical (unpaired) electrons. The maximum absolute atomic E-state index is 4.77. The van der Waals surface area contributed by atoms with E-state index in [2.05, 4.69) is 6.92 Å². The van der Waals surface area contributed by atoms with E-state index >= 15 is 0 Å². The Morgan fingerprint density at radius 1 is 1.71 bits per heavy atom. The van der Waals surface area contributed by atoms with Crippen molar-refractivity contribution in [3.05, 3.63) is 31.1 Å². The molecule has 1 aromatic rings. The molecule has 0 saturated heterocycles. The van der Waals surface area contributed by atoms with Crippen LogP contribution in [0.2, 0.25) is 0 Å². The van der Waals surface area contributed by atoms with Crippen LogP contribution in [0.1, 0.15) is 5.56 Å². The lowest BCUT2D eigenvalue weighted by atomic mass is 10.3. The highest BCUT2D eigenvalue weighted by atomic mass is 16.3. The van der Waals surface area contributed by atoms with E-state index in [0.717, 1.165) is 12.0 Å². The Balaban J connectivity index is 2.76. The van der Waals surface area contributed by atoms with E-state index < -0.39 is 0 Å². The number of hydrogen-bond donors (Lipinski definition) is 0. The van der Waals surface area contributed by atoms with E-state index in [1.165, 1.54) is 0 Å². The minimum absolute atomic E-state index is 0.816. The third kappa shape index (κ3) is 0.829. The molecule has 0 bridgehead atoms. The first-order chi connectivity index (χ1) is 3.43. The Morgan fingerprint density at radius 3 is 2.86 bits per heavy atom. The summed E-state index contributed by atoms with van der Waals surface area (Å²) in [6, 6.07) is 1.91. The second kappa shape index (κ2) is 1.82. The highest BCUT2D eigenvalue weighted by molar-refractivity contribution is 5.05. The van der Waals surface area contributed by atoms with E-state index in [0.29, 0.717) is 0 Å². The minimum atomic E-state index is 0.816. The van der Waals surface area contributed by atoms with Crippen molar-refractivity contribution >= 4 is 0 Å². The largest absolute Gasteiger partial charge is 0.472 e. The standard InChI is InChI=1S/C6H7O/c1-2-6-3-4-7-5-6/h3-5H,1-2H2. The molecular formula is C6H7O. The molecule has 0 aromatic carbocycles. The third-order valence-electron chi connectivity index (χ3n) is 0.869. The molecule has 1 heterocycles. The van der Waals surface area contributed by atoms with Crippen LogP contribution in [0.25, 0.3) is 0 Å². The maximum Gasteiger partial charge on any atom is 0.0934 e.